The largest absolute Gasteiger partial charge is 0.496 e. The fourth-order valence-corrected chi connectivity index (χ4v) is 1.81. The first-order valence-electron chi connectivity index (χ1n) is 8.21. The lowest BCUT2D eigenvalue weighted by Gasteiger charge is -2.32. The van der Waals surface area contributed by atoms with Gasteiger partial charge in [-0.1, -0.05) is 6.07 Å². The maximum absolute atomic E-state index is 7.55. The van der Waals surface area contributed by atoms with Crippen LogP contribution in [-0.2, 0) is 14.9 Å². The van der Waals surface area contributed by atoms with Crippen molar-refractivity contribution in [3.8, 4) is 0 Å². The topological polar surface area (TPSA) is 51.6 Å². The molecule has 1 aromatic rings. The van der Waals surface area contributed by atoms with Crippen molar-refractivity contribution in [2.24, 2.45) is 0 Å². The third kappa shape index (κ3) is 2.68. The summed E-state index contributed by atoms with van der Waals surface area (Å²) in [6.45, 7) is 6.63. The lowest BCUT2D eigenvalue weighted by molar-refractivity contribution is 0.00578. The molecule has 1 N–H and O–H groups in total. The van der Waals surface area contributed by atoms with Gasteiger partial charge in [-0.25, -0.2) is 0 Å². The van der Waals surface area contributed by atoms with E-state index in [0.717, 1.165) is 0 Å². The Morgan fingerprint density at radius 2 is 1.95 bits per heavy atom. The minimum absolute atomic E-state index is 0.160. The lowest BCUT2D eigenvalue weighted by Crippen LogP contribution is -2.41. The highest BCUT2D eigenvalue weighted by molar-refractivity contribution is 6.62. The van der Waals surface area contributed by atoms with Crippen LogP contribution in [0, 0.1) is 0 Å². The van der Waals surface area contributed by atoms with E-state index in [-0.39, 0.29) is 5.69 Å². The van der Waals surface area contributed by atoms with Crippen LogP contribution in [-0.4, -0.2) is 29.8 Å². The molecule has 19 heavy (non-hydrogen) atoms. The van der Waals surface area contributed by atoms with E-state index < -0.39 is 30.8 Å². The van der Waals surface area contributed by atoms with Gasteiger partial charge in [0.2, 0.25) is 1.43 Å². The van der Waals surface area contributed by atoms with Gasteiger partial charge in [0.15, 0.2) is 0 Å². The van der Waals surface area contributed by atoms with Gasteiger partial charge in [0.05, 0.1) is 16.9 Å². The maximum atomic E-state index is 7.55. The van der Waals surface area contributed by atoms with E-state index in [1.807, 2.05) is 27.7 Å². The minimum Gasteiger partial charge on any atom is -0.399 e. The molecule has 0 aliphatic carbocycles. The van der Waals surface area contributed by atoms with Gasteiger partial charge < -0.3 is 14.4 Å². The molecular formula is C14H22BNO3. The van der Waals surface area contributed by atoms with E-state index in [0.29, 0.717) is 5.46 Å². The summed E-state index contributed by atoms with van der Waals surface area (Å²) in [6, 6.07) is 3.22. The van der Waals surface area contributed by atoms with E-state index in [2.05, 4.69) is 10.1 Å². The van der Waals surface area contributed by atoms with Gasteiger partial charge in [0, 0.05) is 15.8 Å². The number of pyridine rings is 1. The van der Waals surface area contributed by atoms with Crippen LogP contribution in [0.3, 0.4) is 0 Å². The molecule has 0 radical (unpaired) electrons. The predicted octanol–water partition coefficient (Wildman–Crippen LogP) is 1.61. The van der Waals surface area contributed by atoms with Crippen molar-refractivity contribution in [3.05, 3.63) is 24.0 Å². The molecule has 104 valence electrons. The SMILES string of the molecule is [2H]OC(C)(c1ccc(B2OC(C)(C)C(C)(C)O2)cn1)C([2H])([2H])[2H]. The molecule has 1 aromatic heterocycles. The summed E-state index contributed by atoms with van der Waals surface area (Å²) in [4.78, 5) is 4.16. The van der Waals surface area contributed by atoms with Crippen LogP contribution in [0.4, 0.5) is 0 Å². The number of aromatic nitrogens is 1. The molecule has 1 saturated heterocycles. The molecule has 1 unspecified atom stereocenters. The molecule has 0 amide bonds. The van der Waals surface area contributed by atoms with Gasteiger partial charge in [0.1, 0.15) is 5.60 Å². The molecule has 2 heterocycles. The van der Waals surface area contributed by atoms with Crippen molar-refractivity contribution in [3.63, 3.8) is 0 Å². The number of hydrogen-bond donors (Lipinski definition) is 1. The lowest BCUT2D eigenvalue weighted by atomic mass is 9.80. The van der Waals surface area contributed by atoms with E-state index in [9.17, 15) is 0 Å². The zero-order valence-corrected chi connectivity index (χ0v) is 12.0. The normalized spacial score (nSPS) is 27.9. The first-order valence-corrected chi connectivity index (χ1v) is 6.30. The first-order chi connectivity index (χ1) is 10.3. The Morgan fingerprint density at radius 1 is 1.32 bits per heavy atom. The van der Waals surface area contributed by atoms with Crippen molar-refractivity contribution in [2.45, 2.75) is 58.3 Å². The third-order valence-electron chi connectivity index (χ3n) is 3.80. The minimum atomic E-state index is -2.51. The van der Waals surface area contributed by atoms with Crippen molar-refractivity contribution in [2.75, 3.05) is 0 Å². The molecule has 1 atom stereocenters. The Balaban J connectivity index is 2.28. The molecule has 1 aliphatic rings. The molecule has 5 heteroatoms. The van der Waals surface area contributed by atoms with Crippen molar-refractivity contribution in [1.82, 2.24) is 4.98 Å². The van der Waals surface area contributed by atoms with Crippen LogP contribution in [0.2, 0.25) is 0 Å². The fourth-order valence-electron chi connectivity index (χ4n) is 1.81. The van der Waals surface area contributed by atoms with Crippen molar-refractivity contribution in [1.29, 1.82) is 1.43 Å². The van der Waals surface area contributed by atoms with Gasteiger partial charge in [-0.05, 0) is 47.5 Å². The van der Waals surface area contributed by atoms with Crippen LogP contribution in [0.1, 0.15) is 51.3 Å². The molecule has 0 aromatic carbocycles. The van der Waals surface area contributed by atoms with Gasteiger partial charge in [-0.2, -0.15) is 0 Å². The number of aliphatic hydroxyl groups is 1. The summed E-state index contributed by atoms with van der Waals surface area (Å²) < 4.78 is 41.6. The second kappa shape index (κ2) is 4.30. The van der Waals surface area contributed by atoms with Gasteiger partial charge in [-0.3, -0.25) is 4.98 Å². The zero-order valence-electron chi connectivity index (χ0n) is 16.0. The summed E-state index contributed by atoms with van der Waals surface area (Å²) in [5.41, 5.74) is -1.87. The fraction of sp³-hybridized carbons (Fsp3) is 0.643. The smallest absolute Gasteiger partial charge is 0.399 e. The van der Waals surface area contributed by atoms with Crippen LogP contribution in [0.15, 0.2) is 18.3 Å². The molecular weight excluding hydrogens is 241 g/mol. The van der Waals surface area contributed by atoms with E-state index in [1.54, 1.807) is 6.07 Å². The van der Waals surface area contributed by atoms with E-state index in [4.69, 9.17) is 14.9 Å². The van der Waals surface area contributed by atoms with E-state index >= 15 is 0 Å². The standard InChI is InChI=1S/C14H22BNO3/c1-12(2,17)11-8-7-10(9-16-11)15-18-13(3,4)14(5,6)19-15/h7-9,17H,1-6H3/i1D3,17D. The quantitative estimate of drug-likeness (QED) is 0.845. The monoisotopic (exact) mass is 267 g/mol. The number of nitrogens with zero attached hydrogens (tertiary/aromatic N) is 1. The first kappa shape index (κ1) is 9.91. The van der Waals surface area contributed by atoms with Crippen LogP contribution >= 0.6 is 0 Å². The number of rotatable bonds is 3. The molecule has 1 fully saturated rings. The molecule has 1 aliphatic heterocycles. The third-order valence-corrected chi connectivity index (χ3v) is 3.80. The second-order valence-corrected chi connectivity index (χ2v) is 6.10. The summed E-state index contributed by atoms with van der Waals surface area (Å²) >= 11 is 0. The predicted molar refractivity (Wildman–Crippen MR) is 75.2 cm³/mol. The zero-order chi connectivity index (χ0) is 17.7. The highest BCUT2D eigenvalue weighted by Gasteiger charge is 2.51. The summed E-state index contributed by atoms with van der Waals surface area (Å²) in [5, 5.41) is 4.48. The maximum Gasteiger partial charge on any atom is 0.496 e. The van der Waals surface area contributed by atoms with Gasteiger partial charge in [0.25, 0.3) is 0 Å². The van der Waals surface area contributed by atoms with Crippen LogP contribution in [0.5, 0.6) is 0 Å². The molecule has 0 spiro atoms. The summed E-state index contributed by atoms with van der Waals surface area (Å²) in [7, 11) is -0.572. The Labute approximate surface area is 121 Å². The van der Waals surface area contributed by atoms with Gasteiger partial charge in [-0.15, -0.1) is 0 Å². The average Bonchev–Trinajstić information content (AvgIpc) is 2.65. The van der Waals surface area contributed by atoms with Crippen molar-refractivity contribution < 1.29 is 18.5 Å². The Morgan fingerprint density at radius 3 is 2.37 bits per heavy atom. The Hall–Kier alpha value is -0.905. The summed E-state index contributed by atoms with van der Waals surface area (Å²) in [6.07, 6.45) is 1.50. The average molecular weight is 267 g/mol. The Bertz CT molecular complexity index is 560. The van der Waals surface area contributed by atoms with E-state index in [1.165, 1.54) is 19.2 Å². The molecule has 2 rings (SSSR count). The van der Waals surface area contributed by atoms with Crippen LogP contribution in [0.25, 0.3) is 0 Å². The summed E-state index contributed by atoms with van der Waals surface area (Å²) in [5.74, 6) is 0. The second-order valence-electron chi connectivity index (χ2n) is 6.10. The molecule has 0 bridgehead atoms. The highest BCUT2D eigenvalue weighted by atomic mass is 16.7. The molecule has 4 nitrogen and oxygen atoms in total. The number of hydrogen-bond acceptors (Lipinski definition) is 4. The Kier molecular flexibility index (Phi) is 2.24. The molecule has 0 saturated carbocycles. The highest BCUT2D eigenvalue weighted by Crippen LogP contribution is 2.36. The van der Waals surface area contributed by atoms with Crippen molar-refractivity contribution >= 4 is 12.6 Å². The van der Waals surface area contributed by atoms with Crippen LogP contribution < -0.4 is 5.46 Å². The van der Waals surface area contributed by atoms with Gasteiger partial charge >= 0.3 is 7.12 Å².